The summed E-state index contributed by atoms with van der Waals surface area (Å²) in [5.41, 5.74) is 21.9. The van der Waals surface area contributed by atoms with Crippen LogP contribution in [-0.2, 0) is 5.41 Å². The van der Waals surface area contributed by atoms with Crippen molar-refractivity contribution >= 4 is 0 Å². The first kappa shape index (κ1) is 38.6. The summed E-state index contributed by atoms with van der Waals surface area (Å²) in [5.74, 6) is 1.86. The molecule has 0 saturated heterocycles. The minimum atomic E-state index is -0.396. The molecule has 1 heterocycles. The van der Waals surface area contributed by atoms with Crippen LogP contribution in [-0.4, -0.2) is 15.0 Å². The van der Waals surface area contributed by atoms with E-state index in [-0.39, 0.29) is 0 Å². The molecule has 0 fully saturated rings. The largest absolute Gasteiger partial charge is 0.208 e. The second-order valence-electron chi connectivity index (χ2n) is 17.4. The number of hydrogen-bond acceptors (Lipinski definition) is 3. The molecule has 0 aliphatic heterocycles. The summed E-state index contributed by atoms with van der Waals surface area (Å²) < 4.78 is 0. The SMILES string of the molecule is c1ccc(-c2ccccc2-c2nc(-c3cccc(-c4cccc(-c5ccc6c(c5)C5(c7ccccc7-c7ccccc75)c5ccccc5-6)c4)c3)nc(-c3ccccc3-c3ccccc3)n2)cc1. The highest BCUT2D eigenvalue weighted by molar-refractivity contribution is 5.96. The van der Waals surface area contributed by atoms with Crippen LogP contribution in [0.25, 0.3) is 101 Å². The molecular weight excluding hydrogens is 811 g/mol. The summed E-state index contributed by atoms with van der Waals surface area (Å²) in [7, 11) is 0. The van der Waals surface area contributed by atoms with Crippen molar-refractivity contribution in [1.82, 2.24) is 15.0 Å². The second-order valence-corrected chi connectivity index (χ2v) is 17.4. The van der Waals surface area contributed by atoms with Crippen LogP contribution in [0.15, 0.2) is 249 Å². The molecule has 2 aliphatic carbocycles. The summed E-state index contributed by atoms with van der Waals surface area (Å²) >= 11 is 0. The van der Waals surface area contributed by atoms with Crippen LogP contribution in [0.1, 0.15) is 22.3 Å². The first-order chi connectivity index (χ1) is 33.2. The Balaban J connectivity index is 0.935. The van der Waals surface area contributed by atoms with Gasteiger partial charge in [-0.15, -0.1) is 0 Å². The van der Waals surface area contributed by atoms with E-state index in [2.05, 4.69) is 237 Å². The first-order valence-electron chi connectivity index (χ1n) is 22.9. The molecule has 0 bridgehead atoms. The van der Waals surface area contributed by atoms with Crippen molar-refractivity contribution in [3.63, 3.8) is 0 Å². The molecule has 312 valence electrons. The Morgan fingerprint density at radius 3 is 1.00 bits per heavy atom. The third-order valence-corrected chi connectivity index (χ3v) is 13.8. The highest BCUT2D eigenvalue weighted by atomic mass is 15.0. The molecule has 0 atom stereocenters. The van der Waals surface area contributed by atoms with E-state index >= 15 is 0 Å². The smallest absolute Gasteiger partial charge is 0.164 e. The van der Waals surface area contributed by atoms with Gasteiger partial charge >= 0.3 is 0 Å². The van der Waals surface area contributed by atoms with E-state index < -0.39 is 5.41 Å². The second kappa shape index (κ2) is 15.7. The average molecular weight is 852 g/mol. The highest BCUT2D eigenvalue weighted by Crippen LogP contribution is 2.63. The highest BCUT2D eigenvalue weighted by Gasteiger charge is 2.51. The minimum Gasteiger partial charge on any atom is -0.208 e. The van der Waals surface area contributed by atoms with Crippen molar-refractivity contribution in [2.24, 2.45) is 0 Å². The third-order valence-electron chi connectivity index (χ3n) is 13.8. The van der Waals surface area contributed by atoms with E-state index in [9.17, 15) is 0 Å². The van der Waals surface area contributed by atoms with Crippen molar-refractivity contribution < 1.29 is 0 Å². The lowest BCUT2D eigenvalue weighted by Crippen LogP contribution is -2.25. The Morgan fingerprint density at radius 1 is 0.194 bits per heavy atom. The summed E-state index contributed by atoms with van der Waals surface area (Å²) in [6.45, 7) is 0. The van der Waals surface area contributed by atoms with Gasteiger partial charge in [-0.05, 0) is 107 Å². The Hall–Kier alpha value is -8.79. The van der Waals surface area contributed by atoms with Crippen LogP contribution in [0, 0.1) is 0 Å². The van der Waals surface area contributed by atoms with Crippen molar-refractivity contribution in [3.8, 4) is 101 Å². The number of rotatable bonds is 7. The maximum absolute atomic E-state index is 5.28. The molecule has 3 heteroatoms. The molecule has 1 spiro atoms. The van der Waals surface area contributed by atoms with E-state index in [1.165, 1.54) is 50.1 Å². The monoisotopic (exact) mass is 851 g/mol. The van der Waals surface area contributed by atoms with Gasteiger partial charge in [-0.2, -0.15) is 0 Å². The molecule has 0 saturated carbocycles. The number of hydrogen-bond donors (Lipinski definition) is 0. The van der Waals surface area contributed by atoms with Gasteiger partial charge in [-0.1, -0.05) is 231 Å². The van der Waals surface area contributed by atoms with Crippen molar-refractivity contribution in [3.05, 3.63) is 271 Å². The van der Waals surface area contributed by atoms with Crippen LogP contribution in [0.2, 0.25) is 0 Å². The Bertz CT molecular complexity index is 3540. The van der Waals surface area contributed by atoms with Gasteiger partial charge < -0.3 is 0 Å². The van der Waals surface area contributed by atoms with Gasteiger partial charge in [0, 0.05) is 16.7 Å². The normalized spacial score (nSPS) is 12.6. The zero-order chi connectivity index (χ0) is 44.3. The van der Waals surface area contributed by atoms with Gasteiger partial charge in [0.25, 0.3) is 0 Å². The summed E-state index contributed by atoms with van der Waals surface area (Å²) in [6.07, 6.45) is 0. The number of benzene rings is 10. The number of fused-ring (bicyclic) bond motifs is 10. The maximum Gasteiger partial charge on any atom is 0.164 e. The average Bonchev–Trinajstić information content (AvgIpc) is 3.88. The van der Waals surface area contributed by atoms with Gasteiger partial charge in [-0.3, -0.25) is 0 Å². The predicted molar refractivity (Wildman–Crippen MR) is 274 cm³/mol. The molecule has 13 rings (SSSR count). The molecule has 1 aromatic heterocycles. The fraction of sp³-hybridized carbons (Fsp3) is 0.0156. The first-order valence-corrected chi connectivity index (χ1v) is 22.9. The lowest BCUT2D eigenvalue weighted by Gasteiger charge is -2.30. The molecule has 67 heavy (non-hydrogen) atoms. The molecular formula is C64H41N3. The zero-order valence-electron chi connectivity index (χ0n) is 36.5. The van der Waals surface area contributed by atoms with Crippen LogP contribution >= 0.6 is 0 Å². The van der Waals surface area contributed by atoms with Crippen LogP contribution in [0.4, 0.5) is 0 Å². The van der Waals surface area contributed by atoms with Crippen LogP contribution in [0.5, 0.6) is 0 Å². The standard InChI is InChI=1S/C64H41N3/c1-3-19-42(20-4-1)49-27-7-9-32-55(49)62-65-61(66-63(67-62)56-33-10-8-28-50(56)43-21-5-2-6-22-43)48-26-18-25-46(40-48)44-23-17-24-45(39-44)47-37-38-54-53-31-13-16-36-59(53)64(60(54)41-47)57-34-14-11-29-51(57)52-30-12-15-35-58(52)64/h1-41H. The van der Waals surface area contributed by atoms with Crippen LogP contribution in [0.3, 0.4) is 0 Å². The van der Waals surface area contributed by atoms with Gasteiger partial charge in [0.2, 0.25) is 0 Å². The molecule has 0 radical (unpaired) electrons. The summed E-state index contributed by atoms with van der Waals surface area (Å²) in [6, 6.07) is 89.3. The lowest BCUT2D eigenvalue weighted by atomic mass is 9.70. The Morgan fingerprint density at radius 2 is 0.522 bits per heavy atom. The van der Waals surface area contributed by atoms with E-state index in [0.29, 0.717) is 17.5 Å². The van der Waals surface area contributed by atoms with Crippen LogP contribution < -0.4 is 0 Å². The maximum atomic E-state index is 5.28. The molecule has 10 aromatic carbocycles. The van der Waals surface area contributed by atoms with Crippen molar-refractivity contribution in [2.75, 3.05) is 0 Å². The van der Waals surface area contributed by atoms with E-state index in [1.54, 1.807) is 0 Å². The number of aromatic nitrogens is 3. The van der Waals surface area contributed by atoms with E-state index in [1.807, 2.05) is 12.1 Å². The molecule has 0 unspecified atom stereocenters. The Kier molecular flexibility index (Phi) is 9.07. The van der Waals surface area contributed by atoms with Gasteiger partial charge in [0.05, 0.1) is 5.41 Å². The molecule has 2 aliphatic rings. The van der Waals surface area contributed by atoms with Crippen molar-refractivity contribution in [1.29, 1.82) is 0 Å². The number of nitrogens with zero attached hydrogens (tertiary/aromatic N) is 3. The molecule has 0 N–H and O–H groups in total. The molecule has 11 aromatic rings. The van der Waals surface area contributed by atoms with Gasteiger partial charge in [0.1, 0.15) is 0 Å². The lowest BCUT2D eigenvalue weighted by molar-refractivity contribution is 0.794. The van der Waals surface area contributed by atoms with Gasteiger partial charge in [-0.25, -0.2) is 15.0 Å². The summed E-state index contributed by atoms with van der Waals surface area (Å²) in [5, 5.41) is 0. The quantitative estimate of drug-likeness (QED) is 0.160. The van der Waals surface area contributed by atoms with Gasteiger partial charge in [0.15, 0.2) is 17.5 Å². The van der Waals surface area contributed by atoms with E-state index in [4.69, 9.17) is 15.0 Å². The Labute approximate surface area is 390 Å². The third kappa shape index (κ3) is 6.24. The van der Waals surface area contributed by atoms with E-state index in [0.717, 1.165) is 55.6 Å². The molecule has 3 nitrogen and oxygen atoms in total. The fourth-order valence-corrected chi connectivity index (χ4v) is 10.8. The summed E-state index contributed by atoms with van der Waals surface area (Å²) in [4.78, 5) is 15.8. The minimum absolute atomic E-state index is 0.396. The molecule has 0 amide bonds. The van der Waals surface area contributed by atoms with Crippen molar-refractivity contribution in [2.45, 2.75) is 5.41 Å². The fourth-order valence-electron chi connectivity index (χ4n) is 10.8. The topological polar surface area (TPSA) is 38.7 Å². The zero-order valence-corrected chi connectivity index (χ0v) is 36.5. The predicted octanol–water partition coefficient (Wildman–Crippen LogP) is 15.9.